The Morgan fingerprint density at radius 3 is 2.64 bits per heavy atom. The van der Waals surface area contributed by atoms with Crippen LogP contribution in [0.25, 0.3) is 0 Å². The molecule has 0 aliphatic rings. The summed E-state index contributed by atoms with van der Waals surface area (Å²) in [4.78, 5) is 10.4. The number of esters is 1. The third-order valence-electron chi connectivity index (χ3n) is 1.18. The van der Waals surface area contributed by atoms with Crippen LogP contribution in [0.1, 0.15) is 27.2 Å². The normalized spacial score (nSPS) is 14.3. The zero-order valence-corrected chi connectivity index (χ0v) is 7.09. The lowest BCUT2D eigenvalue weighted by Gasteiger charge is -2.16. The van der Waals surface area contributed by atoms with Gasteiger partial charge in [-0.3, -0.25) is 4.79 Å². The van der Waals surface area contributed by atoms with E-state index in [4.69, 9.17) is 4.74 Å². The average Bonchev–Trinajstić information content (AvgIpc) is 1.85. The van der Waals surface area contributed by atoms with Gasteiger partial charge in [-0.15, -0.1) is 5.76 Å². The molecule has 0 rings (SSSR count). The van der Waals surface area contributed by atoms with E-state index in [9.17, 15) is 9.90 Å². The van der Waals surface area contributed by atoms with Crippen LogP contribution in [0.5, 0.6) is 0 Å². The number of rotatable bonds is 3. The van der Waals surface area contributed by atoms with Crippen LogP contribution >= 0.6 is 0 Å². The van der Waals surface area contributed by atoms with Crippen LogP contribution in [-0.2, 0) is 9.53 Å². The smallest absolute Gasteiger partial charge is 0.302 e. The summed E-state index contributed by atoms with van der Waals surface area (Å²) in [6.07, 6.45) is 1.44. The highest BCUT2D eigenvalue weighted by atomic mass is 16.5. The first-order valence-corrected chi connectivity index (χ1v) is 3.55. The minimum atomic E-state index is -0.346. The molecule has 0 aromatic carbocycles. The van der Waals surface area contributed by atoms with Crippen LogP contribution in [0.4, 0.5) is 0 Å². The Labute approximate surface area is 66.7 Å². The number of hydrogen-bond donors (Lipinski definition) is 0. The van der Waals surface area contributed by atoms with Gasteiger partial charge in [0.1, 0.15) is 6.10 Å². The van der Waals surface area contributed by atoms with E-state index in [1.807, 2.05) is 0 Å². The fourth-order valence-corrected chi connectivity index (χ4v) is 0.726. The van der Waals surface area contributed by atoms with Crippen LogP contribution in [0.15, 0.2) is 11.8 Å². The molecular formula is C8H13O3-. The molecule has 0 N–H and O–H groups in total. The molecule has 1 atom stereocenters. The molecule has 0 aromatic rings. The van der Waals surface area contributed by atoms with E-state index in [2.05, 4.69) is 0 Å². The number of carbonyl (C=O) groups excluding carboxylic acids is 1. The summed E-state index contributed by atoms with van der Waals surface area (Å²) in [6.45, 7) is 4.70. The predicted octanol–water partition coefficient (Wildman–Crippen LogP) is 0.592. The zero-order chi connectivity index (χ0) is 8.85. The van der Waals surface area contributed by atoms with E-state index in [1.165, 1.54) is 13.0 Å². The molecule has 0 saturated carbocycles. The zero-order valence-electron chi connectivity index (χ0n) is 7.09. The van der Waals surface area contributed by atoms with Crippen molar-refractivity contribution < 1.29 is 14.6 Å². The van der Waals surface area contributed by atoms with Crippen LogP contribution in [-0.4, -0.2) is 12.1 Å². The fraction of sp³-hybridized carbons (Fsp3) is 0.625. The number of ether oxygens (including phenoxy) is 1. The minimum absolute atomic E-state index is 0.00116. The number of carbonyl (C=O) groups is 1. The van der Waals surface area contributed by atoms with Gasteiger partial charge in [-0.25, -0.2) is 0 Å². The molecule has 0 heterocycles. The average molecular weight is 157 g/mol. The SMILES string of the molecule is CC=C([O-])CC(C)OC(C)=O. The first kappa shape index (κ1) is 10.0. The first-order valence-electron chi connectivity index (χ1n) is 3.55. The Morgan fingerprint density at radius 2 is 2.27 bits per heavy atom. The summed E-state index contributed by atoms with van der Waals surface area (Å²) >= 11 is 0. The fourth-order valence-electron chi connectivity index (χ4n) is 0.726. The summed E-state index contributed by atoms with van der Waals surface area (Å²) in [7, 11) is 0. The molecule has 0 amide bonds. The number of hydrogen-bond acceptors (Lipinski definition) is 3. The van der Waals surface area contributed by atoms with Crippen molar-refractivity contribution in [1.82, 2.24) is 0 Å². The second kappa shape index (κ2) is 4.77. The topological polar surface area (TPSA) is 49.4 Å². The highest BCUT2D eigenvalue weighted by Gasteiger charge is 2.02. The molecular weight excluding hydrogens is 144 g/mol. The van der Waals surface area contributed by atoms with Crippen molar-refractivity contribution in [3.8, 4) is 0 Å². The van der Waals surface area contributed by atoms with Gasteiger partial charge in [0.15, 0.2) is 0 Å². The standard InChI is InChI=1S/C8H14O3/c1-4-8(10)5-6(2)11-7(3)9/h4,6,10H,5H2,1-3H3/p-1. The lowest BCUT2D eigenvalue weighted by atomic mass is 10.2. The third-order valence-corrected chi connectivity index (χ3v) is 1.18. The molecule has 0 aliphatic heterocycles. The summed E-state index contributed by atoms with van der Waals surface area (Å²) in [5.41, 5.74) is 0. The van der Waals surface area contributed by atoms with Gasteiger partial charge in [0.2, 0.25) is 0 Å². The molecule has 0 radical (unpaired) electrons. The van der Waals surface area contributed by atoms with E-state index in [1.54, 1.807) is 13.8 Å². The maximum absolute atomic E-state index is 10.8. The van der Waals surface area contributed by atoms with Gasteiger partial charge in [0.05, 0.1) is 0 Å². The minimum Gasteiger partial charge on any atom is -0.876 e. The molecule has 0 aliphatic carbocycles. The second-order valence-corrected chi connectivity index (χ2v) is 2.38. The Balaban J connectivity index is 3.69. The van der Waals surface area contributed by atoms with Crippen LogP contribution in [0.2, 0.25) is 0 Å². The Bertz CT molecular complexity index is 161. The van der Waals surface area contributed by atoms with E-state index >= 15 is 0 Å². The third kappa shape index (κ3) is 5.45. The first-order chi connectivity index (χ1) is 5.06. The molecule has 64 valence electrons. The molecule has 0 bridgehead atoms. The van der Waals surface area contributed by atoms with E-state index < -0.39 is 0 Å². The Kier molecular flexibility index (Phi) is 4.34. The highest BCUT2D eigenvalue weighted by molar-refractivity contribution is 5.66. The van der Waals surface area contributed by atoms with E-state index in [0.29, 0.717) is 0 Å². The molecule has 0 aromatic heterocycles. The van der Waals surface area contributed by atoms with Crippen molar-refractivity contribution >= 4 is 5.97 Å². The maximum atomic E-state index is 10.8. The predicted molar refractivity (Wildman–Crippen MR) is 39.6 cm³/mol. The molecule has 11 heavy (non-hydrogen) atoms. The maximum Gasteiger partial charge on any atom is 0.302 e. The van der Waals surface area contributed by atoms with Gasteiger partial charge in [-0.05, 0) is 20.3 Å². The Hall–Kier alpha value is -0.990. The molecule has 3 nitrogen and oxygen atoms in total. The number of allylic oxidation sites excluding steroid dienone is 1. The monoisotopic (exact) mass is 157 g/mol. The summed E-state index contributed by atoms with van der Waals surface area (Å²) in [6, 6.07) is 0. The van der Waals surface area contributed by atoms with Crippen molar-refractivity contribution in [2.45, 2.75) is 33.3 Å². The largest absolute Gasteiger partial charge is 0.876 e. The second-order valence-electron chi connectivity index (χ2n) is 2.38. The highest BCUT2D eigenvalue weighted by Crippen LogP contribution is 2.02. The van der Waals surface area contributed by atoms with Gasteiger partial charge in [-0.2, -0.15) is 0 Å². The Morgan fingerprint density at radius 1 is 1.73 bits per heavy atom. The van der Waals surface area contributed by atoms with Crippen LogP contribution in [0.3, 0.4) is 0 Å². The van der Waals surface area contributed by atoms with E-state index in [0.717, 1.165) is 0 Å². The summed E-state index contributed by atoms with van der Waals surface area (Å²) in [5.74, 6) is -0.347. The van der Waals surface area contributed by atoms with Crippen molar-refractivity contribution in [2.75, 3.05) is 0 Å². The molecule has 0 spiro atoms. The van der Waals surface area contributed by atoms with Gasteiger partial charge in [-0.1, -0.05) is 6.08 Å². The summed E-state index contributed by atoms with van der Waals surface area (Å²) < 4.78 is 4.74. The van der Waals surface area contributed by atoms with Crippen molar-refractivity contribution in [2.24, 2.45) is 0 Å². The molecule has 1 unspecified atom stereocenters. The van der Waals surface area contributed by atoms with Crippen LogP contribution < -0.4 is 5.11 Å². The van der Waals surface area contributed by atoms with Crippen molar-refractivity contribution in [1.29, 1.82) is 0 Å². The van der Waals surface area contributed by atoms with Crippen molar-refractivity contribution in [3.63, 3.8) is 0 Å². The van der Waals surface area contributed by atoms with E-state index in [-0.39, 0.29) is 24.3 Å². The van der Waals surface area contributed by atoms with Gasteiger partial charge in [0, 0.05) is 6.92 Å². The molecule has 3 heteroatoms. The molecule has 0 saturated heterocycles. The van der Waals surface area contributed by atoms with Gasteiger partial charge >= 0.3 is 5.97 Å². The summed E-state index contributed by atoms with van der Waals surface area (Å²) in [5, 5.41) is 10.8. The van der Waals surface area contributed by atoms with Crippen LogP contribution in [0, 0.1) is 0 Å². The van der Waals surface area contributed by atoms with Gasteiger partial charge in [0.25, 0.3) is 0 Å². The quantitative estimate of drug-likeness (QED) is 0.445. The lowest BCUT2D eigenvalue weighted by Crippen LogP contribution is -2.17. The van der Waals surface area contributed by atoms with Gasteiger partial charge < -0.3 is 9.84 Å². The van der Waals surface area contributed by atoms with Crippen molar-refractivity contribution in [3.05, 3.63) is 11.8 Å². The lowest BCUT2D eigenvalue weighted by molar-refractivity contribution is -0.309. The molecule has 0 fully saturated rings.